The zero-order valence-electron chi connectivity index (χ0n) is 16.9. The number of nitrogens with zero attached hydrogens (tertiary/aromatic N) is 2. The van der Waals surface area contributed by atoms with Gasteiger partial charge in [-0.2, -0.15) is 0 Å². The molecule has 0 aliphatic heterocycles. The number of nitrogens with two attached hydrogens (primary N) is 1. The molecule has 0 unspecified atom stereocenters. The largest absolute Gasteiger partial charge is 0.383 e. The van der Waals surface area contributed by atoms with Crippen LogP contribution in [0.2, 0.25) is 10.0 Å². The Kier molecular flexibility index (Phi) is 7.20. The molecule has 1 aromatic heterocycles. The van der Waals surface area contributed by atoms with Gasteiger partial charge in [0.15, 0.2) is 5.69 Å². The molecule has 0 saturated carbocycles. The summed E-state index contributed by atoms with van der Waals surface area (Å²) >= 11 is 12.3. The number of hydrogen-bond donors (Lipinski definition) is 2. The fraction of sp³-hybridized carbons (Fsp3) is 0.227. The van der Waals surface area contributed by atoms with Gasteiger partial charge >= 0.3 is 5.69 Å². The van der Waals surface area contributed by atoms with Crippen LogP contribution in [0.1, 0.15) is 35.7 Å². The number of anilines is 2. The van der Waals surface area contributed by atoms with Crippen LogP contribution in [0.5, 0.6) is 0 Å². The first-order valence-corrected chi connectivity index (χ1v) is 10.5. The molecule has 3 aromatic rings. The van der Waals surface area contributed by atoms with Crippen LogP contribution in [0.4, 0.5) is 11.5 Å². The lowest BCUT2D eigenvalue weighted by Crippen LogP contribution is -2.41. The molecule has 0 aliphatic rings. The molecule has 9 heteroatoms. The average molecular weight is 461 g/mol. The molecular formula is C22H22Cl2N4O3. The van der Waals surface area contributed by atoms with E-state index in [0.717, 1.165) is 12.0 Å². The number of nitrogen functional groups attached to an aromatic ring is 1. The van der Waals surface area contributed by atoms with Crippen LogP contribution >= 0.6 is 23.2 Å². The van der Waals surface area contributed by atoms with Crippen LogP contribution in [0.15, 0.2) is 58.1 Å². The highest BCUT2D eigenvalue weighted by Crippen LogP contribution is 2.29. The minimum Gasteiger partial charge on any atom is -0.383 e. The van der Waals surface area contributed by atoms with Crippen molar-refractivity contribution in [3.63, 3.8) is 0 Å². The Balaban J connectivity index is 2.14. The molecule has 0 bridgehead atoms. The first-order valence-electron chi connectivity index (χ1n) is 9.77. The van der Waals surface area contributed by atoms with Crippen molar-refractivity contribution >= 4 is 40.6 Å². The number of benzene rings is 2. The summed E-state index contributed by atoms with van der Waals surface area (Å²) in [5.74, 6) is -0.622. The SMILES string of the molecule is CCCCN(C(=O)c1cccc(Cl)c1Cl)c1c(N)n(Cc2ccccc2)c(=O)[nH]c1=O. The van der Waals surface area contributed by atoms with Crippen LogP contribution in [-0.4, -0.2) is 22.0 Å². The van der Waals surface area contributed by atoms with Gasteiger partial charge in [0.25, 0.3) is 11.5 Å². The van der Waals surface area contributed by atoms with Crippen LogP contribution in [0, 0.1) is 0 Å². The van der Waals surface area contributed by atoms with Gasteiger partial charge in [-0.15, -0.1) is 0 Å². The summed E-state index contributed by atoms with van der Waals surface area (Å²) in [6, 6.07) is 13.9. The van der Waals surface area contributed by atoms with E-state index in [1.165, 1.54) is 15.5 Å². The summed E-state index contributed by atoms with van der Waals surface area (Å²) < 4.78 is 1.23. The van der Waals surface area contributed by atoms with Crippen molar-refractivity contribution in [2.75, 3.05) is 17.2 Å². The van der Waals surface area contributed by atoms with Gasteiger partial charge in [0.2, 0.25) is 0 Å². The molecule has 7 nitrogen and oxygen atoms in total. The summed E-state index contributed by atoms with van der Waals surface area (Å²) in [6.45, 7) is 2.32. The minimum absolute atomic E-state index is 0.0864. The first kappa shape index (κ1) is 22.7. The van der Waals surface area contributed by atoms with Crippen molar-refractivity contribution in [1.82, 2.24) is 9.55 Å². The number of aromatic amines is 1. The lowest BCUT2D eigenvalue weighted by molar-refractivity contribution is 0.0986. The predicted octanol–water partition coefficient (Wildman–Crippen LogP) is 3.92. The first-order chi connectivity index (χ1) is 14.8. The van der Waals surface area contributed by atoms with Crippen molar-refractivity contribution in [3.8, 4) is 0 Å². The Morgan fingerprint density at radius 2 is 1.81 bits per heavy atom. The standard InChI is InChI=1S/C22H22Cl2N4O3/c1-2-3-12-27(21(30)15-10-7-11-16(23)17(15)24)18-19(25)28(22(31)26-20(18)29)13-14-8-5-4-6-9-14/h4-11H,2-3,12-13,25H2,1H3,(H,26,29,31). The molecule has 31 heavy (non-hydrogen) atoms. The van der Waals surface area contributed by atoms with E-state index in [1.54, 1.807) is 12.1 Å². The lowest BCUT2D eigenvalue weighted by Gasteiger charge is -2.25. The smallest absolute Gasteiger partial charge is 0.330 e. The number of unbranched alkanes of at least 4 members (excludes halogenated alkanes) is 1. The van der Waals surface area contributed by atoms with E-state index in [4.69, 9.17) is 28.9 Å². The third-order valence-corrected chi connectivity index (χ3v) is 5.65. The van der Waals surface area contributed by atoms with Gasteiger partial charge < -0.3 is 10.6 Å². The zero-order chi connectivity index (χ0) is 22.5. The topological polar surface area (TPSA) is 101 Å². The second-order valence-electron chi connectivity index (χ2n) is 6.98. The normalized spacial score (nSPS) is 10.8. The van der Waals surface area contributed by atoms with Crippen molar-refractivity contribution in [3.05, 3.63) is 90.5 Å². The highest BCUT2D eigenvalue weighted by atomic mass is 35.5. The molecule has 0 radical (unpaired) electrons. The van der Waals surface area contributed by atoms with E-state index >= 15 is 0 Å². The van der Waals surface area contributed by atoms with Crippen molar-refractivity contribution < 1.29 is 4.79 Å². The molecule has 3 N–H and O–H groups in total. The summed E-state index contributed by atoms with van der Waals surface area (Å²) in [6.07, 6.45) is 1.38. The molecule has 162 valence electrons. The number of amides is 1. The maximum absolute atomic E-state index is 13.4. The van der Waals surface area contributed by atoms with Crippen molar-refractivity contribution in [1.29, 1.82) is 0 Å². The number of hydrogen-bond acceptors (Lipinski definition) is 4. The average Bonchev–Trinajstić information content (AvgIpc) is 2.75. The van der Waals surface area contributed by atoms with E-state index < -0.39 is 17.2 Å². The van der Waals surface area contributed by atoms with E-state index in [9.17, 15) is 14.4 Å². The molecule has 0 fully saturated rings. The quantitative estimate of drug-likeness (QED) is 0.557. The monoisotopic (exact) mass is 460 g/mol. The van der Waals surface area contributed by atoms with Gasteiger partial charge in [0, 0.05) is 6.54 Å². The Morgan fingerprint density at radius 1 is 1.10 bits per heavy atom. The number of rotatable bonds is 7. The fourth-order valence-corrected chi connectivity index (χ4v) is 3.59. The summed E-state index contributed by atoms with van der Waals surface area (Å²) in [5, 5.41) is 0.308. The minimum atomic E-state index is -0.741. The van der Waals surface area contributed by atoms with Gasteiger partial charge in [-0.05, 0) is 24.1 Å². The number of aromatic nitrogens is 2. The lowest BCUT2D eigenvalue weighted by atomic mass is 10.1. The second-order valence-corrected chi connectivity index (χ2v) is 7.76. The Hall–Kier alpha value is -3.03. The molecule has 1 heterocycles. The van der Waals surface area contributed by atoms with E-state index in [0.29, 0.717) is 6.42 Å². The van der Waals surface area contributed by atoms with Crippen LogP contribution in [0.3, 0.4) is 0 Å². The summed E-state index contributed by atoms with van der Waals surface area (Å²) in [7, 11) is 0. The molecule has 1 amide bonds. The highest BCUT2D eigenvalue weighted by Gasteiger charge is 2.26. The Bertz CT molecular complexity index is 1210. The van der Waals surface area contributed by atoms with Crippen LogP contribution in [0.25, 0.3) is 0 Å². The van der Waals surface area contributed by atoms with Gasteiger partial charge in [0.1, 0.15) is 5.82 Å². The molecular weight excluding hydrogens is 439 g/mol. The maximum Gasteiger partial charge on any atom is 0.330 e. The summed E-state index contributed by atoms with van der Waals surface area (Å²) in [5.41, 5.74) is 5.75. The molecule has 0 saturated heterocycles. The number of halogens is 2. The van der Waals surface area contributed by atoms with Crippen LogP contribution in [-0.2, 0) is 6.54 Å². The maximum atomic E-state index is 13.4. The zero-order valence-corrected chi connectivity index (χ0v) is 18.4. The third-order valence-electron chi connectivity index (χ3n) is 4.83. The number of carbonyl (C=O) groups excluding carboxylic acids is 1. The highest BCUT2D eigenvalue weighted by molar-refractivity contribution is 6.44. The predicted molar refractivity (Wildman–Crippen MR) is 124 cm³/mol. The van der Waals surface area contributed by atoms with Crippen LogP contribution < -0.4 is 21.9 Å². The Morgan fingerprint density at radius 3 is 2.48 bits per heavy atom. The van der Waals surface area contributed by atoms with E-state index in [1.807, 2.05) is 37.3 Å². The fourth-order valence-electron chi connectivity index (χ4n) is 3.21. The van der Waals surface area contributed by atoms with Gasteiger partial charge in [0.05, 0.1) is 22.2 Å². The molecule has 0 atom stereocenters. The van der Waals surface area contributed by atoms with Gasteiger partial charge in [-0.3, -0.25) is 19.1 Å². The Labute approximate surface area is 189 Å². The number of carbonyl (C=O) groups is 1. The third kappa shape index (κ3) is 4.84. The van der Waals surface area contributed by atoms with Crippen molar-refractivity contribution in [2.45, 2.75) is 26.3 Å². The summed E-state index contributed by atoms with van der Waals surface area (Å²) in [4.78, 5) is 42.1. The second kappa shape index (κ2) is 9.85. The molecule has 2 aromatic carbocycles. The molecule has 3 rings (SSSR count). The van der Waals surface area contributed by atoms with E-state index in [2.05, 4.69) is 4.98 Å². The number of H-pyrrole nitrogens is 1. The van der Waals surface area contributed by atoms with Crippen molar-refractivity contribution in [2.24, 2.45) is 0 Å². The van der Waals surface area contributed by atoms with Gasteiger partial charge in [-0.1, -0.05) is 72.9 Å². The molecule has 0 aliphatic carbocycles. The number of nitrogens with one attached hydrogen (secondary N) is 1. The van der Waals surface area contributed by atoms with E-state index in [-0.39, 0.29) is 40.2 Å². The van der Waals surface area contributed by atoms with Gasteiger partial charge in [-0.25, -0.2) is 4.79 Å². The molecule has 0 spiro atoms.